The second-order valence-corrected chi connectivity index (χ2v) is 8.85. The smallest absolute Gasteiger partial charge is 0.330 e. The van der Waals surface area contributed by atoms with Crippen molar-refractivity contribution in [2.45, 2.75) is 79.8 Å². The fraction of sp³-hybridized carbons (Fsp3) is 0.762. The van der Waals surface area contributed by atoms with E-state index in [9.17, 15) is 14.4 Å². The molecule has 0 aliphatic rings. The van der Waals surface area contributed by atoms with Crippen LogP contribution in [-0.2, 0) is 11.3 Å². The molecule has 0 bridgehead atoms. The molecule has 0 saturated carbocycles. The summed E-state index contributed by atoms with van der Waals surface area (Å²) in [6.45, 7) is 13.4. The first-order valence-electron chi connectivity index (χ1n) is 10.6. The SMILES string of the molecule is CCCCN(C(=O)CN(C)C(C)C(C)(C)C)c1c(N)n(CCCC)c(=O)[nH]c1=O. The molecule has 1 aromatic rings. The Morgan fingerprint density at radius 3 is 2.28 bits per heavy atom. The van der Waals surface area contributed by atoms with Gasteiger partial charge in [-0.15, -0.1) is 0 Å². The maximum Gasteiger partial charge on any atom is 0.330 e. The van der Waals surface area contributed by atoms with Crippen molar-refractivity contribution in [3.63, 3.8) is 0 Å². The van der Waals surface area contributed by atoms with Crippen LogP contribution in [0.25, 0.3) is 0 Å². The number of anilines is 2. The highest BCUT2D eigenvalue weighted by atomic mass is 16.2. The maximum absolute atomic E-state index is 13.2. The van der Waals surface area contributed by atoms with Gasteiger partial charge in [-0.1, -0.05) is 47.5 Å². The van der Waals surface area contributed by atoms with Gasteiger partial charge in [-0.2, -0.15) is 0 Å². The fourth-order valence-electron chi connectivity index (χ4n) is 3.15. The molecule has 0 spiro atoms. The van der Waals surface area contributed by atoms with Gasteiger partial charge < -0.3 is 10.6 Å². The van der Waals surface area contributed by atoms with Gasteiger partial charge in [-0.3, -0.25) is 24.0 Å². The predicted molar refractivity (Wildman–Crippen MR) is 119 cm³/mol. The minimum Gasteiger partial charge on any atom is -0.383 e. The Labute approximate surface area is 174 Å². The lowest BCUT2D eigenvalue weighted by Gasteiger charge is -2.36. The molecule has 29 heavy (non-hydrogen) atoms. The third-order valence-corrected chi connectivity index (χ3v) is 5.55. The molecule has 0 radical (unpaired) electrons. The molecule has 0 aliphatic heterocycles. The first-order valence-corrected chi connectivity index (χ1v) is 10.6. The van der Waals surface area contributed by atoms with E-state index in [-0.39, 0.29) is 35.4 Å². The highest BCUT2D eigenvalue weighted by Gasteiger charge is 2.29. The molecule has 166 valence electrons. The number of rotatable bonds is 10. The third-order valence-electron chi connectivity index (χ3n) is 5.55. The Kier molecular flexibility index (Phi) is 9.14. The van der Waals surface area contributed by atoms with E-state index in [2.05, 4.69) is 32.7 Å². The summed E-state index contributed by atoms with van der Waals surface area (Å²) in [5.74, 6) is -0.141. The van der Waals surface area contributed by atoms with Crippen molar-refractivity contribution in [3.05, 3.63) is 20.8 Å². The number of nitrogens with one attached hydrogen (secondary N) is 1. The Morgan fingerprint density at radius 2 is 1.76 bits per heavy atom. The molecular formula is C21H39N5O3. The minimum absolute atomic E-state index is 0.00710. The Bertz CT molecular complexity index is 791. The number of unbranched alkanes of at least 4 members (excludes halogenated alkanes) is 2. The van der Waals surface area contributed by atoms with Crippen LogP contribution in [0, 0.1) is 5.41 Å². The van der Waals surface area contributed by atoms with Crippen LogP contribution in [0.5, 0.6) is 0 Å². The van der Waals surface area contributed by atoms with E-state index in [0.717, 1.165) is 25.7 Å². The summed E-state index contributed by atoms with van der Waals surface area (Å²) in [4.78, 5) is 43.8. The van der Waals surface area contributed by atoms with Crippen molar-refractivity contribution in [1.82, 2.24) is 14.5 Å². The minimum atomic E-state index is -0.615. The van der Waals surface area contributed by atoms with Crippen molar-refractivity contribution in [1.29, 1.82) is 0 Å². The van der Waals surface area contributed by atoms with Gasteiger partial charge in [0.15, 0.2) is 5.69 Å². The van der Waals surface area contributed by atoms with Gasteiger partial charge in [-0.25, -0.2) is 4.79 Å². The highest BCUT2D eigenvalue weighted by Crippen LogP contribution is 2.24. The zero-order chi connectivity index (χ0) is 22.4. The third kappa shape index (κ3) is 6.45. The quantitative estimate of drug-likeness (QED) is 0.617. The molecule has 1 heterocycles. The lowest BCUT2D eigenvalue weighted by molar-refractivity contribution is -0.120. The van der Waals surface area contributed by atoms with Crippen LogP contribution in [-0.4, -0.2) is 46.5 Å². The van der Waals surface area contributed by atoms with E-state index in [0.29, 0.717) is 13.1 Å². The zero-order valence-electron chi connectivity index (χ0n) is 19.2. The Hall–Kier alpha value is -2.09. The maximum atomic E-state index is 13.2. The number of nitrogens with zero attached hydrogens (tertiary/aromatic N) is 3. The molecule has 0 saturated heterocycles. The number of carbonyl (C=O) groups is 1. The number of hydrogen-bond donors (Lipinski definition) is 2. The van der Waals surface area contributed by atoms with Crippen molar-refractivity contribution in [2.24, 2.45) is 5.41 Å². The monoisotopic (exact) mass is 409 g/mol. The summed E-state index contributed by atoms with van der Waals surface area (Å²) in [6, 6.07) is 0.161. The van der Waals surface area contributed by atoms with Crippen molar-refractivity contribution in [2.75, 3.05) is 30.8 Å². The van der Waals surface area contributed by atoms with Crippen molar-refractivity contribution < 1.29 is 4.79 Å². The number of likely N-dealkylation sites (N-methyl/N-ethyl adjacent to an activating group) is 1. The molecule has 8 heteroatoms. The molecule has 0 fully saturated rings. The first-order chi connectivity index (χ1) is 13.4. The average molecular weight is 410 g/mol. The molecule has 0 aliphatic carbocycles. The summed E-state index contributed by atoms with van der Waals surface area (Å²) in [7, 11) is 1.90. The molecule has 1 rings (SSSR count). The van der Waals surface area contributed by atoms with Crippen LogP contribution in [0.15, 0.2) is 9.59 Å². The van der Waals surface area contributed by atoms with Crippen LogP contribution in [0.1, 0.15) is 67.2 Å². The molecule has 8 nitrogen and oxygen atoms in total. The van der Waals surface area contributed by atoms with Crippen LogP contribution < -0.4 is 21.9 Å². The van der Waals surface area contributed by atoms with Gasteiger partial charge in [0.2, 0.25) is 5.91 Å². The molecule has 1 atom stereocenters. The lowest BCUT2D eigenvalue weighted by atomic mass is 9.87. The molecule has 0 aromatic carbocycles. The van der Waals surface area contributed by atoms with E-state index in [1.165, 1.54) is 9.47 Å². The van der Waals surface area contributed by atoms with Gasteiger partial charge in [0.05, 0.1) is 6.54 Å². The van der Waals surface area contributed by atoms with E-state index >= 15 is 0 Å². The van der Waals surface area contributed by atoms with Crippen LogP contribution in [0.3, 0.4) is 0 Å². The van der Waals surface area contributed by atoms with Crippen molar-refractivity contribution in [3.8, 4) is 0 Å². The summed E-state index contributed by atoms with van der Waals surface area (Å²) in [6.07, 6.45) is 3.24. The first kappa shape index (κ1) is 24.9. The summed E-state index contributed by atoms with van der Waals surface area (Å²) in [5, 5.41) is 0. The van der Waals surface area contributed by atoms with E-state index < -0.39 is 11.2 Å². The highest BCUT2D eigenvalue weighted by molar-refractivity contribution is 5.96. The van der Waals surface area contributed by atoms with Crippen LogP contribution in [0.4, 0.5) is 11.5 Å². The summed E-state index contributed by atoms with van der Waals surface area (Å²) < 4.78 is 1.36. The van der Waals surface area contributed by atoms with E-state index in [1.807, 2.05) is 25.8 Å². The Balaban J connectivity index is 3.32. The largest absolute Gasteiger partial charge is 0.383 e. The summed E-state index contributed by atoms with van der Waals surface area (Å²) >= 11 is 0. The fourth-order valence-corrected chi connectivity index (χ4v) is 3.15. The number of carbonyl (C=O) groups excluding carboxylic acids is 1. The van der Waals surface area contributed by atoms with Gasteiger partial charge in [0.25, 0.3) is 5.56 Å². The second-order valence-electron chi connectivity index (χ2n) is 8.85. The molecular weight excluding hydrogens is 370 g/mol. The predicted octanol–water partition coefficient (Wildman–Crippen LogP) is 2.42. The van der Waals surface area contributed by atoms with Gasteiger partial charge in [0, 0.05) is 19.1 Å². The number of aromatic amines is 1. The van der Waals surface area contributed by atoms with Gasteiger partial charge >= 0.3 is 5.69 Å². The molecule has 1 aromatic heterocycles. The van der Waals surface area contributed by atoms with Crippen LogP contribution >= 0.6 is 0 Å². The second kappa shape index (κ2) is 10.6. The average Bonchev–Trinajstić information content (AvgIpc) is 2.62. The number of nitrogens with two attached hydrogens (primary N) is 1. The van der Waals surface area contributed by atoms with Crippen LogP contribution in [0.2, 0.25) is 0 Å². The number of hydrogen-bond acceptors (Lipinski definition) is 5. The molecule has 3 N–H and O–H groups in total. The van der Waals surface area contributed by atoms with Gasteiger partial charge in [-0.05, 0) is 32.2 Å². The lowest BCUT2D eigenvalue weighted by Crippen LogP contribution is -2.48. The standard InChI is InChI=1S/C21H39N5O3/c1-8-10-12-25(16(27)14-24(7)15(3)21(4,5)6)17-18(22)26(13-11-9-2)20(29)23-19(17)28/h15H,8-14,22H2,1-7H3,(H,23,28,29). The van der Waals surface area contributed by atoms with Gasteiger partial charge in [0.1, 0.15) is 5.82 Å². The van der Waals surface area contributed by atoms with E-state index in [4.69, 9.17) is 5.73 Å². The zero-order valence-corrected chi connectivity index (χ0v) is 19.2. The topological polar surface area (TPSA) is 104 Å². The normalized spacial score (nSPS) is 13.0. The van der Waals surface area contributed by atoms with Crippen molar-refractivity contribution >= 4 is 17.4 Å². The van der Waals surface area contributed by atoms with E-state index in [1.54, 1.807) is 0 Å². The number of nitrogen functional groups attached to an aromatic ring is 1. The number of H-pyrrole nitrogens is 1. The Morgan fingerprint density at radius 1 is 1.17 bits per heavy atom. The summed E-state index contributed by atoms with van der Waals surface area (Å²) in [5.41, 5.74) is 5.17. The molecule has 1 amide bonds. The number of amides is 1. The molecule has 1 unspecified atom stereocenters. The number of aromatic nitrogens is 2.